The van der Waals surface area contributed by atoms with Crippen LogP contribution in [-0.2, 0) is 6.42 Å². The van der Waals surface area contributed by atoms with Gasteiger partial charge in [-0.1, -0.05) is 36.4 Å². The summed E-state index contributed by atoms with van der Waals surface area (Å²) in [5, 5.41) is 2.36. The van der Waals surface area contributed by atoms with Gasteiger partial charge in [0.1, 0.15) is 0 Å². The Morgan fingerprint density at radius 1 is 1.07 bits per heavy atom. The molecule has 0 atom stereocenters. The van der Waals surface area contributed by atoms with Crippen molar-refractivity contribution in [2.45, 2.75) is 6.42 Å². The van der Waals surface area contributed by atoms with Crippen molar-refractivity contribution in [2.75, 3.05) is 5.73 Å². The fourth-order valence-electron chi connectivity index (χ4n) is 1.72. The lowest BCUT2D eigenvalue weighted by Gasteiger charge is -2.06. The molecule has 0 aliphatic heterocycles. The van der Waals surface area contributed by atoms with Gasteiger partial charge < -0.3 is 5.73 Å². The maximum atomic E-state index is 5.90. The molecule has 70 valence electrons. The number of anilines is 1. The van der Waals surface area contributed by atoms with Crippen LogP contribution in [0.3, 0.4) is 0 Å². The Hall–Kier alpha value is -1.76. The number of nitrogen functional groups attached to an aromatic ring is 1. The first kappa shape index (κ1) is 8.82. The molecule has 2 rings (SSSR count). The molecule has 0 spiro atoms. The highest BCUT2D eigenvalue weighted by atomic mass is 14.5. The Morgan fingerprint density at radius 2 is 1.79 bits per heavy atom. The molecule has 0 fully saturated rings. The van der Waals surface area contributed by atoms with Crippen molar-refractivity contribution in [1.29, 1.82) is 0 Å². The molecular formula is C13H13N. The van der Waals surface area contributed by atoms with E-state index in [1.54, 1.807) is 0 Å². The lowest BCUT2D eigenvalue weighted by atomic mass is 10.0. The van der Waals surface area contributed by atoms with Gasteiger partial charge in [-0.25, -0.2) is 0 Å². The molecule has 0 amide bonds. The van der Waals surface area contributed by atoms with Crippen LogP contribution in [0, 0.1) is 0 Å². The molecule has 0 aliphatic carbocycles. The van der Waals surface area contributed by atoms with E-state index in [0.717, 1.165) is 17.5 Å². The SMILES string of the molecule is C=CCc1ccc(N)c2ccccc12. The van der Waals surface area contributed by atoms with Gasteiger partial charge in [-0.3, -0.25) is 0 Å². The van der Waals surface area contributed by atoms with Crippen molar-refractivity contribution in [2.24, 2.45) is 0 Å². The van der Waals surface area contributed by atoms with Gasteiger partial charge in [0.15, 0.2) is 0 Å². The van der Waals surface area contributed by atoms with Gasteiger partial charge in [0, 0.05) is 11.1 Å². The third-order valence-corrected chi connectivity index (χ3v) is 2.41. The first-order valence-electron chi connectivity index (χ1n) is 4.70. The maximum Gasteiger partial charge on any atom is 0.0393 e. The van der Waals surface area contributed by atoms with E-state index in [4.69, 9.17) is 5.73 Å². The molecule has 0 heterocycles. The fraction of sp³-hybridized carbons (Fsp3) is 0.0769. The standard InChI is InChI=1S/C13H13N/c1-2-5-10-8-9-13(14)12-7-4-3-6-11(10)12/h2-4,6-9H,1,5,14H2. The average Bonchev–Trinajstić information content (AvgIpc) is 2.23. The van der Waals surface area contributed by atoms with E-state index in [1.165, 1.54) is 10.9 Å². The summed E-state index contributed by atoms with van der Waals surface area (Å²) >= 11 is 0. The van der Waals surface area contributed by atoms with Gasteiger partial charge in [-0.05, 0) is 23.4 Å². The highest BCUT2D eigenvalue weighted by molar-refractivity contribution is 5.95. The molecule has 2 aromatic rings. The van der Waals surface area contributed by atoms with Crippen molar-refractivity contribution in [3.8, 4) is 0 Å². The number of hydrogen-bond acceptors (Lipinski definition) is 1. The summed E-state index contributed by atoms with van der Waals surface area (Å²) in [6, 6.07) is 12.2. The van der Waals surface area contributed by atoms with Crippen LogP contribution >= 0.6 is 0 Å². The molecule has 0 saturated carbocycles. The number of hydrogen-bond donors (Lipinski definition) is 1. The van der Waals surface area contributed by atoms with E-state index in [-0.39, 0.29) is 0 Å². The van der Waals surface area contributed by atoms with Crippen LogP contribution in [0.5, 0.6) is 0 Å². The Bertz CT molecular complexity index is 472. The highest BCUT2D eigenvalue weighted by Gasteiger charge is 2.01. The van der Waals surface area contributed by atoms with Crippen LogP contribution in [-0.4, -0.2) is 0 Å². The Balaban J connectivity index is 2.74. The molecular weight excluding hydrogens is 170 g/mol. The van der Waals surface area contributed by atoms with Crippen molar-refractivity contribution in [1.82, 2.24) is 0 Å². The van der Waals surface area contributed by atoms with Crippen LogP contribution in [0.1, 0.15) is 5.56 Å². The highest BCUT2D eigenvalue weighted by Crippen LogP contribution is 2.24. The van der Waals surface area contributed by atoms with Crippen LogP contribution in [0.4, 0.5) is 5.69 Å². The van der Waals surface area contributed by atoms with E-state index in [1.807, 2.05) is 24.3 Å². The largest absolute Gasteiger partial charge is 0.398 e. The van der Waals surface area contributed by atoms with Gasteiger partial charge in [-0.2, -0.15) is 0 Å². The van der Waals surface area contributed by atoms with E-state index in [2.05, 4.69) is 24.8 Å². The lowest BCUT2D eigenvalue weighted by Crippen LogP contribution is -1.90. The normalized spacial score (nSPS) is 10.3. The second-order valence-corrected chi connectivity index (χ2v) is 3.35. The van der Waals surface area contributed by atoms with E-state index in [0.29, 0.717) is 0 Å². The van der Waals surface area contributed by atoms with Crippen molar-refractivity contribution in [3.05, 3.63) is 54.6 Å². The zero-order valence-corrected chi connectivity index (χ0v) is 8.03. The van der Waals surface area contributed by atoms with E-state index in [9.17, 15) is 0 Å². The summed E-state index contributed by atoms with van der Waals surface area (Å²) in [6.07, 6.45) is 2.80. The summed E-state index contributed by atoms with van der Waals surface area (Å²) < 4.78 is 0. The van der Waals surface area contributed by atoms with Crippen LogP contribution < -0.4 is 5.73 Å². The molecule has 1 heteroatoms. The minimum Gasteiger partial charge on any atom is -0.398 e. The molecule has 2 N–H and O–H groups in total. The summed E-state index contributed by atoms with van der Waals surface area (Å²) in [7, 11) is 0. The minimum absolute atomic E-state index is 0.841. The molecule has 0 unspecified atom stereocenters. The molecule has 0 bridgehead atoms. The average molecular weight is 183 g/mol. The third kappa shape index (κ3) is 1.37. The molecule has 14 heavy (non-hydrogen) atoms. The quantitative estimate of drug-likeness (QED) is 0.561. The molecule has 0 saturated heterocycles. The van der Waals surface area contributed by atoms with Crippen LogP contribution in [0.15, 0.2) is 49.1 Å². The second kappa shape index (κ2) is 3.54. The summed E-state index contributed by atoms with van der Waals surface area (Å²) in [5.74, 6) is 0. The smallest absolute Gasteiger partial charge is 0.0393 e. The van der Waals surface area contributed by atoms with Crippen LogP contribution in [0.25, 0.3) is 10.8 Å². The Morgan fingerprint density at radius 3 is 2.50 bits per heavy atom. The van der Waals surface area contributed by atoms with Gasteiger partial charge in [0.25, 0.3) is 0 Å². The van der Waals surface area contributed by atoms with E-state index < -0.39 is 0 Å². The predicted octanol–water partition coefficient (Wildman–Crippen LogP) is 3.15. The predicted molar refractivity (Wildman–Crippen MR) is 62.3 cm³/mol. The third-order valence-electron chi connectivity index (χ3n) is 2.41. The zero-order chi connectivity index (χ0) is 9.97. The summed E-state index contributed by atoms with van der Waals surface area (Å²) in [6.45, 7) is 3.75. The number of rotatable bonds is 2. The number of fused-ring (bicyclic) bond motifs is 1. The monoisotopic (exact) mass is 183 g/mol. The molecule has 1 nitrogen and oxygen atoms in total. The second-order valence-electron chi connectivity index (χ2n) is 3.35. The van der Waals surface area contributed by atoms with E-state index >= 15 is 0 Å². The van der Waals surface area contributed by atoms with Gasteiger partial charge in [-0.15, -0.1) is 6.58 Å². The lowest BCUT2D eigenvalue weighted by molar-refractivity contribution is 1.31. The van der Waals surface area contributed by atoms with Gasteiger partial charge in [0.05, 0.1) is 0 Å². The topological polar surface area (TPSA) is 26.0 Å². The number of benzene rings is 2. The van der Waals surface area contributed by atoms with Crippen molar-refractivity contribution < 1.29 is 0 Å². The molecule has 0 aliphatic rings. The first-order valence-corrected chi connectivity index (χ1v) is 4.70. The molecule has 0 aromatic heterocycles. The molecule has 2 aromatic carbocycles. The van der Waals surface area contributed by atoms with Crippen molar-refractivity contribution >= 4 is 16.5 Å². The first-order chi connectivity index (χ1) is 6.83. The molecule has 0 radical (unpaired) electrons. The maximum absolute atomic E-state index is 5.90. The Kier molecular flexibility index (Phi) is 2.23. The summed E-state index contributed by atoms with van der Waals surface area (Å²) in [5.41, 5.74) is 8.02. The van der Waals surface area contributed by atoms with Gasteiger partial charge in [0.2, 0.25) is 0 Å². The zero-order valence-electron chi connectivity index (χ0n) is 8.03. The number of allylic oxidation sites excluding steroid dienone is 1. The fourth-order valence-corrected chi connectivity index (χ4v) is 1.72. The minimum atomic E-state index is 0.841. The van der Waals surface area contributed by atoms with Crippen molar-refractivity contribution in [3.63, 3.8) is 0 Å². The van der Waals surface area contributed by atoms with Gasteiger partial charge >= 0.3 is 0 Å². The number of nitrogens with two attached hydrogens (primary N) is 1. The van der Waals surface area contributed by atoms with Crippen LogP contribution in [0.2, 0.25) is 0 Å². The Labute approximate surface area is 83.9 Å². The summed E-state index contributed by atoms with van der Waals surface area (Å²) in [4.78, 5) is 0.